The molecule has 0 saturated carbocycles. The number of rotatable bonds is 6. The minimum absolute atomic E-state index is 0.0933. The summed E-state index contributed by atoms with van der Waals surface area (Å²) in [5.74, 6) is 0.0827. The molecule has 1 aromatic carbocycles. The van der Waals surface area contributed by atoms with Crippen LogP contribution in [0.4, 0.5) is 5.82 Å². The molecule has 0 N–H and O–H groups in total. The van der Waals surface area contributed by atoms with Gasteiger partial charge in [-0.15, -0.1) is 11.3 Å². The van der Waals surface area contributed by atoms with Crippen LogP contribution in [-0.4, -0.2) is 78.9 Å². The van der Waals surface area contributed by atoms with E-state index in [0.717, 1.165) is 41.8 Å². The van der Waals surface area contributed by atoms with Crippen molar-refractivity contribution in [1.29, 1.82) is 0 Å². The number of carbonyl (C=O) groups is 3. The fourth-order valence-corrected chi connectivity index (χ4v) is 5.96. The largest absolute Gasteiger partial charge is 0.466 e. The van der Waals surface area contributed by atoms with Gasteiger partial charge in [0, 0.05) is 44.0 Å². The lowest BCUT2D eigenvalue weighted by molar-refractivity contribution is -0.148. The number of carbonyl (C=O) groups excluding carboxylic acids is 3. The number of esters is 1. The summed E-state index contributed by atoms with van der Waals surface area (Å²) in [7, 11) is 0. The van der Waals surface area contributed by atoms with Gasteiger partial charge in [0.05, 0.1) is 28.7 Å². The maximum Gasteiger partial charge on any atom is 0.310 e. The Labute approximate surface area is 214 Å². The van der Waals surface area contributed by atoms with Crippen molar-refractivity contribution in [1.82, 2.24) is 14.8 Å². The van der Waals surface area contributed by atoms with Crippen LogP contribution in [-0.2, 0) is 14.3 Å². The van der Waals surface area contributed by atoms with Gasteiger partial charge in [-0.05, 0) is 49.4 Å². The Morgan fingerprint density at radius 1 is 1.11 bits per heavy atom. The molecule has 9 heteroatoms. The monoisotopic (exact) mass is 506 g/mol. The van der Waals surface area contributed by atoms with E-state index in [9.17, 15) is 14.4 Å². The number of amides is 2. The standard InChI is InChI=1S/C27H30N4O4S/c1-2-35-27(34)20-7-5-11-31(17-20)25-21(26(33)30-14-12-29(18-32)13-15-30)9-10-22(28-25)24-16-19-6-3-4-8-23(19)36-24/h3-4,6,8-10,16,18,20H,2,5,7,11-15,17H2,1H3/t20-/m1/s1. The van der Waals surface area contributed by atoms with Crippen molar-refractivity contribution in [2.24, 2.45) is 5.92 Å². The van der Waals surface area contributed by atoms with E-state index < -0.39 is 0 Å². The first kappa shape index (κ1) is 24.2. The third-order valence-electron chi connectivity index (χ3n) is 6.87. The van der Waals surface area contributed by atoms with Crippen LogP contribution in [0.1, 0.15) is 30.1 Å². The zero-order chi connectivity index (χ0) is 25.1. The van der Waals surface area contributed by atoms with Gasteiger partial charge in [0.2, 0.25) is 6.41 Å². The van der Waals surface area contributed by atoms with Crippen molar-refractivity contribution in [3.63, 3.8) is 0 Å². The smallest absolute Gasteiger partial charge is 0.310 e. The zero-order valence-corrected chi connectivity index (χ0v) is 21.2. The molecule has 4 heterocycles. The topological polar surface area (TPSA) is 83.1 Å². The highest BCUT2D eigenvalue weighted by molar-refractivity contribution is 7.22. The van der Waals surface area contributed by atoms with E-state index >= 15 is 0 Å². The summed E-state index contributed by atoms with van der Waals surface area (Å²) in [6, 6.07) is 14.1. The van der Waals surface area contributed by atoms with Crippen molar-refractivity contribution in [3.8, 4) is 10.6 Å². The first-order valence-electron chi connectivity index (χ1n) is 12.5. The molecule has 0 spiro atoms. The summed E-state index contributed by atoms with van der Waals surface area (Å²) in [5.41, 5.74) is 1.34. The Kier molecular flexibility index (Phi) is 7.18. The molecule has 2 amide bonds. The second-order valence-corrected chi connectivity index (χ2v) is 10.3. The third-order valence-corrected chi connectivity index (χ3v) is 8.01. The molecule has 1 atom stereocenters. The summed E-state index contributed by atoms with van der Waals surface area (Å²) in [6.45, 7) is 5.38. The molecule has 36 heavy (non-hydrogen) atoms. The van der Waals surface area contributed by atoms with Crippen molar-refractivity contribution in [2.45, 2.75) is 19.8 Å². The number of benzene rings is 1. The van der Waals surface area contributed by atoms with Gasteiger partial charge >= 0.3 is 5.97 Å². The lowest BCUT2D eigenvalue weighted by atomic mass is 9.97. The molecule has 2 aliphatic rings. The molecule has 2 aromatic heterocycles. The Morgan fingerprint density at radius 3 is 2.67 bits per heavy atom. The number of hydrogen-bond acceptors (Lipinski definition) is 7. The maximum atomic E-state index is 13.6. The van der Waals surface area contributed by atoms with Crippen LogP contribution in [0, 0.1) is 5.92 Å². The first-order valence-corrected chi connectivity index (χ1v) is 13.3. The van der Waals surface area contributed by atoms with Crippen molar-refractivity contribution in [2.75, 3.05) is 50.8 Å². The van der Waals surface area contributed by atoms with Gasteiger partial charge in [0.1, 0.15) is 5.82 Å². The van der Waals surface area contributed by atoms with E-state index in [2.05, 4.69) is 23.1 Å². The molecule has 0 radical (unpaired) electrons. The molecule has 3 aromatic rings. The summed E-state index contributed by atoms with van der Waals surface area (Å²) in [5, 5.41) is 1.16. The normalized spacial score (nSPS) is 18.4. The highest BCUT2D eigenvalue weighted by Gasteiger charge is 2.31. The number of piperazine rings is 1. The molecular weight excluding hydrogens is 476 g/mol. The number of anilines is 1. The second kappa shape index (κ2) is 10.7. The van der Waals surface area contributed by atoms with E-state index in [1.165, 1.54) is 4.70 Å². The Bertz CT molecular complexity index is 1230. The van der Waals surface area contributed by atoms with Crippen LogP contribution in [0.5, 0.6) is 0 Å². The summed E-state index contributed by atoms with van der Waals surface area (Å²) < 4.78 is 6.48. The fraction of sp³-hybridized carbons (Fsp3) is 0.407. The lowest BCUT2D eigenvalue weighted by Crippen LogP contribution is -2.48. The summed E-state index contributed by atoms with van der Waals surface area (Å²) in [6.07, 6.45) is 2.42. The highest BCUT2D eigenvalue weighted by Crippen LogP contribution is 2.35. The average Bonchev–Trinajstić information content (AvgIpc) is 3.37. The van der Waals surface area contributed by atoms with E-state index in [0.29, 0.717) is 50.7 Å². The first-order chi connectivity index (χ1) is 17.6. The predicted octanol–water partition coefficient (Wildman–Crippen LogP) is 3.66. The zero-order valence-electron chi connectivity index (χ0n) is 20.4. The molecule has 2 aliphatic heterocycles. The van der Waals surface area contributed by atoms with Crippen LogP contribution in [0.25, 0.3) is 20.7 Å². The Hall–Kier alpha value is -3.46. The van der Waals surface area contributed by atoms with Crippen LogP contribution in [0.2, 0.25) is 0 Å². The predicted molar refractivity (Wildman–Crippen MR) is 140 cm³/mol. The van der Waals surface area contributed by atoms with Crippen LogP contribution >= 0.6 is 11.3 Å². The van der Waals surface area contributed by atoms with Gasteiger partial charge in [-0.1, -0.05) is 18.2 Å². The number of hydrogen-bond donors (Lipinski definition) is 0. The van der Waals surface area contributed by atoms with Crippen LogP contribution in [0.15, 0.2) is 42.5 Å². The van der Waals surface area contributed by atoms with Crippen molar-refractivity contribution < 1.29 is 19.1 Å². The highest BCUT2D eigenvalue weighted by atomic mass is 32.1. The SMILES string of the molecule is CCOC(=O)[C@@H]1CCCN(c2nc(-c3cc4ccccc4s3)ccc2C(=O)N2CCN(C=O)CC2)C1. The fourth-order valence-electron chi connectivity index (χ4n) is 4.92. The minimum atomic E-state index is -0.243. The number of fused-ring (bicyclic) bond motifs is 1. The maximum absolute atomic E-state index is 13.6. The molecule has 0 bridgehead atoms. The molecular formula is C27H30N4O4S. The lowest BCUT2D eigenvalue weighted by Gasteiger charge is -2.36. The number of piperidine rings is 1. The van der Waals surface area contributed by atoms with E-state index in [1.807, 2.05) is 31.2 Å². The van der Waals surface area contributed by atoms with Crippen molar-refractivity contribution >= 4 is 45.5 Å². The number of aromatic nitrogens is 1. The van der Waals surface area contributed by atoms with Crippen LogP contribution in [0.3, 0.4) is 0 Å². The number of pyridine rings is 1. The van der Waals surface area contributed by atoms with E-state index in [4.69, 9.17) is 9.72 Å². The number of ether oxygens (including phenoxy) is 1. The number of thiophene rings is 1. The molecule has 8 nitrogen and oxygen atoms in total. The second-order valence-electron chi connectivity index (χ2n) is 9.19. The molecule has 0 unspecified atom stereocenters. The third kappa shape index (κ3) is 4.93. The van der Waals surface area contributed by atoms with Crippen molar-refractivity contribution in [3.05, 3.63) is 48.0 Å². The van der Waals surface area contributed by atoms with Gasteiger partial charge < -0.3 is 19.4 Å². The molecule has 2 fully saturated rings. The Balaban J connectivity index is 1.49. The Morgan fingerprint density at radius 2 is 1.92 bits per heavy atom. The van der Waals surface area contributed by atoms with Crippen LogP contribution < -0.4 is 4.90 Å². The summed E-state index contributed by atoms with van der Waals surface area (Å²) in [4.78, 5) is 48.8. The van der Waals surface area contributed by atoms with Gasteiger partial charge in [0.25, 0.3) is 5.91 Å². The van der Waals surface area contributed by atoms with E-state index in [-0.39, 0.29) is 17.8 Å². The van der Waals surface area contributed by atoms with Gasteiger partial charge in [-0.2, -0.15) is 0 Å². The number of nitrogens with zero attached hydrogens (tertiary/aromatic N) is 4. The van der Waals surface area contributed by atoms with Gasteiger partial charge in [-0.25, -0.2) is 4.98 Å². The molecule has 0 aliphatic carbocycles. The average molecular weight is 507 g/mol. The summed E-state index contributed by atoms with van der Waals surface area (Å²) >= 11 is 1.67. The van der Waals surface area contributed by atoms with Gasteiger partial charge in [-0.3, -0.25) is 14.4 Å². The van der Waals surface area contributed by atoms with E-state index in [1.54, 1.807) is 21.1 Å². The van der Waals surface area contributed by atoms with Gasteiger partial charge in [0.15, 0.2) is 0 Å². The quantitative estimate of drug-likeness (QED) is 0.375. The molecule has 5 rings (SSSR count). The molecule has 2 saturated heterocycles. The molecule has 188 valence electrons. The minimum Gasteiger partial charge on any atom is -0.466 e.